The third kappa shape index (κ3) is 6.03. The zero-order valence-corrected chi connectivity index (χ0v) is 19.1. The van der Waals surface area contributed by atoms with Gasteiger partial charge in [-0.25, -0.2) is 9.48 Å². The third-order valence-electron chi connectivity index (χ3n) is 6.42. The average Bonchev–Trinajstić information content (AvgIpc) is 3.18. The molecule has 2 aliphatic heterocycles. The molecule has 2 aliphatic rings. The standard InChI is InChI=1S/C24H33N5O4/c30-22(12-18-33-20-7-2-1-3-8-20)27-16-10-19(11-17-27)23(31)25-13-6-15-29-24(32)28-14-5-4-9-21(28)26-29/h1-3,7-8,19H,4-6,9-18H2,(H,25,31). The first kappa shape index (κ1) is 23.1. The number of hydrogen-bond acceptors (Lipinski definition) is 5. The molecule has 0 atom stereocenters. The lowest BCUT2D eigenvalue weighted by Gasteiger charge is -2.31. The first-order chi connectivity index (χ1) is 16.1. The number of para-hydroxylation sites is 1. The minimum absolute atomic E-state index is 0.0333. The van der Waals surface area contributed by atoms with Crippen LogP contribution in [0, 0.1) is 5.92 Å². The molecular formula is C24H33N5O4. The van der Waals surface area contributed by atoms with Crippen LogP contribution in [0.2, 0.25) is 0 Å². The van der Waals surface area contributed by atoms with E-state index in [1.54, 1.807) is 4.57 Å². The molecule has 9 nitrogen and oxygen atoms in total. The molecule has 3 heterocycles. The number of fused-ring (bicyclic) bond motifs is 1. The number of aromatic nitrogens is 3. The summed E-state index contributed by atoms with van der Waals surface area (Å²) in [5.74, 6) is 1.67. The molecule has 0 unspecified atom stereocenters. The molecule has 178 valence electrons. The van der Waals surface area contributed by atoms with Gasteiger partial charge in [0.15, 0.2) is 0 Å². The van der Waals surface area contributed by atoms with Gasteiger partial charge in [-0.2, -0.15) is 5.10 Å². The van der Waals surface area contributed by atoms with Crippen molar-refractivity contribution in [3.05, 3.63) is 46.6 Å². The first-order valence-electron chi connectivity index (χ1n) is 12.0. The van der Waals surface area contributed by atoms with Crippen LogP contribution in [0.1, 0.15) is 44.3 Å². The molecule has 1 saturated heterocycles. The average molecular weight is 456 g/mol. The van der Waals surface area contributed by atoms with Gasteiger partial charge in [-0.15, -0.1) is 0 Å². The van der Waals surface area contributed by atoms with Gasteiger partial charge in [-0.3, -0.25) is 14.2 Å². The zero-order chi connectivity index (χ0) is 23.0. The summed E-state index contributed by atoms with van der Waals surface area (Å²) in [4.78, 5) is 39.1. The Morgan fingerprint density at radius 3 is 2.64 bits per heavy atom. The number of rotatable bonds is 9. The summed E-state index contributed by atoms with van der Waals surface area (Å²) < 4.78 is 8.90. The Hall–Kier alpha value is -3.10. The normalized spacial score (nSPS) is 16.3. The van der Waals surface area contributed by atoms with Crippen molar-refractivity contribution in [1.82, 2.24) is 24.6 Å². The molecule has 2 aromatic rings. The Kier molecular flexibility index (Phi) is 7.80. The highest BCUT2D eigenvalue weighted by Gasteiger charge is 2.27. The minimum Gasteiger partial charge on any atom is -0.493 e. The number of amides is 2. The quantitative estimate of drug-likeness (QED) is 0.579. The second kappa shape index (κ2) is 11.2. The summed E-state index contributed by atoms with van der Waals surface area (Å²) in [6.07, 6.45) is 5.32. The van der Waals surface area contributed by atoms with Crippen molar-refractivity contribution in [3.63, 3.8) is 0 Å². The molecule has 2 amide bonds. The SMILES string of the molecule is O=C(NCCCn1nc2n(c1=O)CCCC2)C1CCN(C(=O)CCOc2ccccc2)CC1. The van der Waals surface area contributed by atoms with Gasteiger partial charge in [0.25, 0.3) is 0 Å². The van der Waals surface area contributed by atoms with Crippen LogP contribution >= 0.6 is 0 Å². The predicted octanol–water partition coefficient (Wildman–Crippen LogP) is 1.60. The van der Waals surface area contributed by atoms with Crippen LogP contribution in [-0.2, 0) is 29.1 Å². The van der Waals surface area contributed by atoms with Crippen LogP contribution in [0.3, 0.4) is 0 Å². The van der Waals surface area contributed by atoms with E-state index in [0.717, 1.165) is 37.4 Å². The van der Waals surface area contributed by atoms with E-state index in [0.29, 0.717) is 58.5 Å². The van der Waals surface area contributed by atoms with Crippen LogP contribution in [0.4, 0.5) is 0 Å². The number of nitrogens with zero attached hydrogens (tertiary/aromatic N) is 4. The Bertz CT molecular complexity index is 992. The number of piperidine rings is 1. The molecule has 1 N–H and O–H groups in total. The van der Waals surface area contributed by atoms with E-state index in [1.165, 1.54) is 4.68 Å². The van der Waals surface area contributed by atoms with Crippen molar-refractivity contribution in [3.8, 4) is 5.75 Å². The third-order valence-corrected chi connectivity index (χ3v) is 6.42. The smallest absolute Gasteiger partial charge is 0.345 e. The van der Waals surface area contributed by atoms with Gasteiger partial charge in [0, 0.05) is 45.1 Å². The monoisotopic (exact) mass is 455 g/mol. The Labute approximate surface area is 193 Å². The maximum absolute atomic E-state index is 12.5. The number of hydrogen-bond donors (Lipinski definition) is 1. The van der Waals surface area contributed by atoms with E-state index in [-0.39, 0.29) is 23.4 Å². The fourth-order valence-electron chi connectivity index (χ4n) is 4.50. The van der Waals surface area contributed by atoms with Crippen molar-refractivity contribution in [2.75, 3.05) is 26.2 Å². The van der Waals surface area contributed by atoms with Crippen molar-refractivity contribution in [2.24, 2.45) is 5.92 Å². The van der Waals surface area contributed by atoms with Gasteiger partial charge in [-0.1, -0.05) is 18.2 Å². The maximum atomic E-state index is 12.5. The highest BCUT2D eigenvalue weighted by atomic mass is 16.5. The number of carbonyl (C=O) groups is 2. The van der Waals surface area contributed by atoms with E-state index in [9.17, 15) is 14.4 Å². The highest BCUT2D eigenvalue weighted by molar-refractivity contribution is 5.80. The number of carbonyl (C=O) groups excluding carboxylic acids is 2. The molecule has 4 rings (SSSR count). The summed E-state index contributed by atoms with van der Waals surface area (Å²) >= 11 is 0. The Morgan fingerprint density at radius 2 is 1.88 bits per heavy atom. The summed E-state index contributed by atoms with van der Waals surface area (Å²) in [6, 6.07) is 9.46. The summed E-state index contributed by atoms with van der Waals surface area (Å²) in [5.41, 5.74) is -0.0396. The zero-order valence-electron chi connectivity index (χ0n) is 19.1. The topological polar surface area (TPSA) is 98.5 Å². The molecule has 1 aromatic carbocycles. The van der Waals surface area contributed by atoms with Crippen molar-refractivity contribution < 1.29 is 14.3 Å². The van der Waals surface area contributed by atoms with Gasteiger partial charge in [0.05, 0.1) is 13.0 Å². The lowest BCUT2D eigenvalue weighted by atomic mass is 9.95. The van der Waals surface area contributed by atoms with Gasteiger partial charge in [-0.05, 0) is 44.2 Å². The molecule has 1 fully saturated rings. The van der Waals surface area contributed by atoms with Gasteiger partial charge in [0.2, 0.25) is 11.8 Å². The van der Waals surface area contributed by atoms with Crippen LogP contribution in [0.25, 0.3) is 0 Å². The van der Waals surface area contributed by atoms with Gasteiger partial charge < -0.3 is 15.0 Å². The fourth-order valence-corrected chi connectivity index (χ4v) is 4.50. The largest absolute Gasteiger partial charge is 0.493 e. The van der Waals surface area contributed by atoms with Gasteiger partial charge >= 0.3 is 5.69 Å². The Balaban J connectivity index is 1.11. The van der Waals surface area contributed by atoms with E-state index >= 15 is 0 Å². The highest BCUT2D eigenvalue weighted by Crippen LogP contribution is 2.18. The van der Waals surface area contributed by atoms with Crippen molar-refractivity contribution in [2.45, 2.75) is 58.0 Å². The number of benzene rings is 1. The predicted molar refractivity (Wildman–Crippen MR) is 123 cm³/mol. The molecule has 9 heteroatoms. The molecule has 33 heavy (non-hydrogen) atoms. The molecule has 0 bridgehead atoms. The fraction of sp³-hybridized carbons (Fsp3) is 0.583. The van der Waals surface area contributed by atoms with Gasteiger partial charge in [0.1, 0.15) is 11.6 Å². The van der Waals surface area contributed by atoms with Crippen LogP contribution in [0.5, 0.6) is 5.75 Å². The minimum atomic E-state index is -0.0720. The molecular weight excluding hydrogens is 422 g/mol. The molecule has 0 radical (unpaired) electrons. The Morgan fingerprint density at radius 1 is 1.09 bits per heavy atom. The molecule has 0 spiro atoms. The van der Waals surface area contributed by atoms with Crippen LogP contribution < -0.4 is 15.7 Å². The van der Waals surface area contributed by atoms with E-state index in [1.807, 2.05) is 35.2 Å². The van der Waals surface area contributed by atoms with Crippen molar-refractivity contribution >= 4 is 11.8 Å². The summed E-state index contributed by atoms with van der Waals surface area (Å²) in [7, 11) is 0. The van der Waals surface area contributed by atoms with Crippen LogP contribution in [0.15, 0.2) is 35.1 Å². The van der Waals surface area contributed by atoms with Crippen LogP contribution in [-0.4, -0.2) is 57.3 Å². The number of aryl methyl sites for hydroxylation is 2. The van der Waals surface area contributed by atoms with E-state index in [2.05, 4.69) is 10.4 Å². The molecule has 0 saturated carbocycles. The number of ether oxygens (including phenoxy) is 1. The van der Waals surface area contributed by atoms with E-state index in [4.69, 9.17) is 4.74 Å². The number of nitrogens with one attached hydrogen (secondary N) is 1. The molecule has 1 aromatic heterocycles. The lowest BCUT2D eigenvalue weighted by molar-refractivity contribution is -0.136. The molecule has 0 aliphatic carbocycles. The second-order valence-corrected chi connectivity index (χ2v) is 8.74. The van der Waals surface area contributed by atoms with E-state index < -0.39 is 0 Å². The lowest BCUT2D eigenvalue weighted by Crippen LogP contribution is -2.43. The van der Waals surface area contributed by atoms with Crippen molar-refractivity contribution in [1.29, 1.82) is 0 Å². The summed E-state index contributed by atoms with van der Waals surface area (Å²) in [6.45, 7) is 3.33. The number of likely N-dealkylation sites (tertiary alicyclic amines) is 1. The second-order valence-electron chi connectivity index (χ2n) is 8.74. The first-order valence-corrected chi connectivity index (χ1v) is 12.0. The maximum Gasteiger partial charge on any atom is 0.345 e. The summed E-state index contributed by atoms with van der Waals surface area (Å²) in [5, 5.41) is 7.42.